The molecule has 0 aliphatic heterocycles. The number of imidazole rings is 1. The molecule has 24 heavy (non-hydrogen) atoms. The minimum absolute atomic E-state index is 0.0473. The van der Waals surface area contributed by atoms with Gasteiger partial charge in [-0.05, 0) is 24.1 Å². The van der Waals surface area contributed by atoms with E-state index in [9.17, 15) is 19.5 Å². The number of H-pyrrole nitrogens is 2. The number of nitrogens with two attached hydrogens (primary N) is 1. The monoisotopic (exact) mass is 331 g/mol. The van der Waals surface area contributed by atoms with E-state index in [2.05, 4.69) is 9.97 Å². The van der Waals surface area contributed by atoms with Gasteiger partial charge < -0.3 is 15.7 Å². The zero-order valence-electron chi connectivity index (χ0n) is 12.2. The third-order valence-electron chi connectivity index (χ3n) is 3.29. The number of nitrogens with zero attached hydrogens (tertiary/aromatic N) is 2. The fourth-order valence-corrected chi connectivity index (χ4v) is 2.12. The molecule has 0 saturated heterocycles. The number of hydrogen-bond acceptors (Lipinski definition) is 7. The molecule has 0 fully saturated rings. The molecule has 124 valence electrons. The van der Waals surface area contributed by atoms with Gasteiger partial charge in [0.1, 0.15) is 18.1 Å². The van der Waals surface area contributed by atoms with Crippen LogP contribution in [-0.2, 0) is 11.2 Å². The highest BCUT2D eigenvalue weighted by molar-refractivity contribution is 5.77. The van der Waals surface area contributed by atoms with E-state index in [1.54, 1.807) is 12.1 Å². The first kappa shape index (κ1) is 15.5. The number of aromatic amines is 2. The first-order chi connectivity index (χ1) is 11.4. The van der Waals surface area contributed by atoms with Crippen LogP contribution in [0.5, 0.6) is 5.75 Å². The SMILES string of the molecule is N[C@@H](Cc1ccc(O)cc1)C(=O)On1cnc2c(=O)[nH]c(=O)[nH]c21. The molecule has 0 bridgehead atoms. The van der Waals surface area contributed by atoms with E-state index in [-0.39, 0.29) is 23.3 Å². The predicted molar refractivity (Wildman–Crippen MR) is 82.3 cm³/mol. The Morgan fingerprint density at radius 1 is 1.29 bits per heavy atom. The minimum atomic E-state index is -0.985. The third-order valence-corrected chi connectivity index (χ3v) is 3.29. The van der Waals surface area contributed by atoms with E-state index in [4.69, 9.17) is 10.6 Å². The van der Waals surface area contributed by atoms with Crippen molar-refractivity contribution in [1.82, 2.24) is 19.7 Å². The van der Waals surface area contributed by atoms with Gasteiger partial charge in [-0.15, -0.1) is 4.73 Å². The van der Waals surface area contributed by atoms with Crippen molar-refractivity contribution < 1.29 is 14.7 Å². The van der Waals surface area contributed by atoms with Gasteiger partial charge in [-0.3, -0.25) is 14.8 Å². The first-order valence-corrected chi connectivity index (χ1v) is 6.89. The Labute approximate surface area is 133 Å². The van der Waals surface area contributed by atoms with Crippen molar-refractivity contribution in [3.63, 3.8) is 0 Å². The molecule has 0 amide bonds. The van der Waals surface area contributed by atoms with Crippen LogP contribution in [0.25, 0.3) is 11.2 Å². The smallest absolute Gasteiger partial charge is 0.349 e. The number of nitrogens with one attached hydrogen (secondary N) is 2. The maximum atomic E-state index is 12.1. The van der Waals surface area contributed by atoms with E-state index >= 15 is 0 Å². The first-order valence-electron chi connectivity index (χ1n) is 6.89. The molecule has 10 nitrogen and oxygen atoms in total. The summed E-state index contributed by atoms with van der Waals surface area (Å²) in [7, 11) is 0. The summed E-state index contributed by atoms with van der Waals surface area (Å²) in [6.45, 7) is 0. The summed E-state index contributed by atoms with van der Waals surface area (Å²) >= 11 is 0. The van der Waals surface area contributed by atoms with Gasteiger partial charge >= 0.3 is 11.7 Å². The average molecular weight is 331 g/mol. The second-order valence-electron chi connectivity index (χ2n) is 5.06. The second kappa shape index (κ2) is 6.01. The molecular formula is C14H13N5O5. The summed E-state index contributed by atoms with van der Waals surface area (Å²) in [5.74, 6) is -0.669. The maximum Gasteiger partial charge on any atom is 0.349 e. The van der Waals surface area contributed by atoms with Crippen LogP contribution in [0, 0.1) is 0 Å². The van der Waals surface area contributed by atoms with Gasteiger partial charge in [-0.25, -0.2) is 14.6 Å². The lowest BCUT2D eigenvalue weighted by atomic mass is 10.1. The van der Waals surface area contributed by atoms with E-state index in [1.807, 2.05) is 4.98 Å². The number of rotatable bonds is 4. The lowest BCUT2D eigenvalue weighted by molar-refractivity contribution is -0.145. The number of fused-ring (bicyclic) bond motifs is 1. The Bertz CT molecular complexity index is 1000. The fourth-order valence-electron chi connectivity index (χ4n) is 2.12. The molecule has 0 saturated carbocycles. The molecule has 0 spiro atoms. The van der Waals surface area contributed by atoms with Crippen LogP contribution in [-0.4, -0.2) is 36.8 Å². The Morgan fingerprint density at radius 3 is 2.71 bits per heavy atom. The number of benzene rings is 1. The highest BCUT2D eigenvalue weighted by atomic mass is 16.7. The summed E-state index contributed by atoms with van der Waals surface area (Å²) in [5, 5.41) is 9.23. The average Bonchev–Trinajstić information content (AvgIpc) is 2.92. The molecular weight excluding hydrogens is 318 g/mol. The van der Waals surface area contributed by atoms with Crippen LogP contribution >= 0.6 is 0 Å². The third kappa shape index (κ3) is 3.03. The molecule has 2 aromatic heterocycles. The van der Waals surface area contributed by atoms with Crippen LogP contribution in [0.4, 0.5) is 0 Å². The summed E-state index contributed by atoms with van der Waals surface area (Å²) in [6, 6.07) is 5.24. The van der Waals surface area contributed by atoms with Crippen molar-refractivity contribution in [3.8, 4) is 5.75 Å². The van der Waals surface area contributed by atoms with Crippen molar-refractivity contribution in [2.24, 2.45) is 5.73 Å². The number of aromatic nitrogens is 4. The van der Waals surface area contributed by atoms with Gasteiger partial charge in [-0.1, -0.05) is 12.1 Å². The van der Waals surface area contributed by atoms with Crippen LogP contribution in [0.2, 0.25) is 0 Å². The van der Waals surface area contributed by atoms with Crippen molar-refractivity contribution in [2.75, 3.05) is 0 Å². The number of carbonyl (C=O) groups excluding carboxylic acids is 1. The molecule has 2 heterocycles. The standard InChI is InChI=1S/C14H13N5O5/c15-9(5-7-1-3-8(20)4-2-7)13(22)24-19-6-16-10-11(19)17-14(23)18-12(10)21/h1-4,6,9,20H,5,15H2,(H2,17,18,21,23)/t9-/m0/s1. The van der Waals surface area contributed by atoms with Gasteiger partial charge in [0.05, 0.1) is 0 Å². The molecule has 0 radical (unpaired) electrons. The molecule has 3 rings (SSSR count). The molecule has 10 heteroatoms. The molecule has 1 atom stereocenters. The van der Waals surface area contributed by atoms with Crippen LogP contribution in [0.3, 0.4) is 0 Å². The Hall–Kier alpha value is -3.40. The predicted octanol–water partition coefficient (Wildman–Crippen LogP) is -1.36. The van der Waals surface area contributed by atoms with E-state index < -0.39 is 23.3 Å². The highest BCUT2D eigenvalue weighted by Gasteiger charge is 2.19. The molecule has 0 aliphatic rings. The highest BCUT2D eigenvalue weighted by Crippen LogP contribution is 2.11. The van der Waals surface area contributed by atoms with Crippen LogP contribution < -0.4 is 21.8 Å². The van der Waals surface area contributed by atoms with E-state index in [0.29, 0.717) is 0 Å². The number of phenols is 1. The maximum absolute atomic E-state index is 12.1. The number of phenolic OH excluding ortho intramolecular Hbond substituents is 1. The topological polar surface area (TPSA) is 156 Å². The number of carbonyl (C=O) groups is 1. The van der Waals surface area contributed by atoms with Crippen molar-refractivity contribution in [2.45, 2.75) is 12.5 Å². The van der Waals surface area contributed by atoms with Crippen LogP contribution in [0.15, 0.2) is 40.2 Å². The molecule has 1 aromatic carbocycles. The Kier molecular flexibility index (Phi) is 3.88. The second-order valence-corrected chi connectivity index (χ2v) is 5.06. The van der Waals surface area contributed by atoms with Gasteiger partial charge in [0, 0.05) is 0 Å². The summed E-state index contributed by atoms with van der Waals surface area (Å²) in [6.07, 6.45) is 1.27. The van der Waals surface area contributed by atoms with Gasteiger partial charge in [0.25, 0.3) is 5.56 Å². The largest absolute Gasteiger partial charge is 0.508 e. The van der Waals surface area contributed by atoms with Gasteiger partial charge in [-0.2, -0.15) is 0 Å². The van der Waals surface area contributed by atoms with Crippen LogP contribution in [0.1, 0.15) is 5.56 Å². The lowest BCUT2D eigenvalue weighted by Gasteiger charge is -2.11. The van der Waals surface area contributed by atoms with Crippen molar-refractivity contribution in [1.29, 1.82) is 0 Å². The summed E-state index contributed by atoms with van der Waals surface area (Å²) in [4.78, 5) is 48.1. The molecule has 3 aromatic rings. The zero-order valence-corrected chi connectivity index (χ0v) is 12.2. The quantitative estimate of drug-likeness (QED) is 0.460. The van der Waals surface area contributed by atoms with E-state index in [0.717, 1.165) is 16.6 Å². The number of aromatic hydroxyl groups is 1. The van der Waals surface area contributed by atoms with Crippen molar-refractivity contribution in [3.05, 3.63) is 57.0 Å². The fraction of sp³-hybridized carbons (Fsp3) is 0.143. The number of hydrogen-bond donors (Lipinski definition) is 4. The Morgan fingerprint density at radius 2 is 2.00 bits per heavy atom. The van der Waals surface area contributed by atoms with Crippen molar-refractivity contribution >= 4 is 17.1 Å². The minimum Gasteiger partial charge on any atom is -0.508 e. The lowest BCUT2D eigenvalue weighted by Crippen LogP contribution is -2.39. The summed E-state index contributed by atoms with van der Waals surface area (Å²) in [5.41, 5.74) is 4.96. The summed E-state index contributed by atoms with van der Waals surface area (Å²) < 4.78 is 0.880. The normalized spacial score (nSPS) is 12.2. The molecule has 0 aliphatic carbocycles. The van der Waals surface area contributed by atoms with Gasteiger partial charge in [0.15, 0.2) is 11.2 Å². The van der Waals surface area contributed by atoms with Gasteiger partial charge in [0.2, 0.25) is 0 Å². The molecule has 5 N–H and O–H groups in total. The van der Waals surface area contributed by atoms with E-state index in [1.165, 1.54) is 12.1 Å². The Balaban J connectivity index is 1.78. The molecule has 0 unspecified atom stereocenters. The zero-order chi connectivity index (χ0) is 17.3.